The number of para-hydroxylation sites is 1. The first kappa shape index (κ1) is 10.5. The van der Waals surface area contributed by atoms with Crippen LogP contribution < -0.4 is 4.90 Å². The first-order valence-electron chi connectivity index (χ1n) is 4.70. The molecule has 0 N–H and O–H groups in total. The molecule has 2 heteroatoms. The highest BCUT2D eigenvalue weighted by molar-refractivity contribution is 6.01. The van der Waals surface area contributed by atoms with E-state index in [2.05, 4.69) is 6.58 Å². The predicted molar refractivity (Wildman–Crippen MR) is 59.4 cm³/mol. The Bertz CT molecular complexity index is 344. The molecular weight excluding hydrogens is 174 g/mol. The second-order valence-corrected chi connectivity index (χ2v) is 3.07. The summed E-state index contributed by atoms with van der Waals surface area (Å²) in [5.41, 5.74) is 2.06. The molecule has 0 radical (unpaired) electrons. The van der Waals surface area contributed by atoms with Gasteiger partial charge in [0.2, 0.25) is 5.91 Å². The van der Waals surface area contributed by atoms with Crippen molar-refractivity contribution in [3.8, 4) is 0 Å². The fourth-order valence-electron chi connectivity index (χ4n) is 1.42. The molecule has 74 valence electrons. The van der Waals surface area contributed by atoms with Crippen LogP contribution >= 0.6 is 0 Å². The molecule has 2 nitrogen and oxygen atoms in total. The number of benzene rings is 1. The summed E-state index contributed by atoms with van der Waals surface area (Å²) < 4.78 is 0. The summed E-state index contributed by atoms with van der Waals surface area (Å²) in [6.45, 7) is 8.10. The molecule has 0 spiro atoms. The predicted octanol–water partition coefficient (Wildman–Crippen LogP) is 2.53. The molecule has 0 saturated carbocycles. The minimum atomic E-state index is -0.0539. The molecule has 0 aliphatic carbocycles. The third-order valence-corrected chi connectivity index (χ3v) is 2.16. The maximum absolute atomic E-state index is 11.5. The average Bonchev–Trinajstić information content (AvgIpc) is 2.21. The third-order valence-electron chi connectivity index (χ3n) is 2.16. The highest BCUT2D eigenvalue weighted by Crippen LogP contribution is 2.19. The van der Waals surface area contributed by atoms with Gasteiger partial charge in [0.05, 0.1) is 0 Å². The molecule has 0 unspecified atom stereocenters. The molecule has 1 aromatic rings. The van der Waals surface area contributed by atoms with Crippen molar-refractivity contribution in [1.29, 1.82) is 0 Å². The van der Waals surface area contributed by atoms with Gasteiger partial charge in [-0.1, -0.05) is 24.8 Å². The number of nitrogens with zero attached hydrogens (tertiary/aromatic N) is 1. The molecule has 0 aliphatic heterocycles. The number of likely N-dealkylation sites (N-methyl/N-ethyl adjacent to an activating group) is 1. The largest absolute Gasteiger partial charge is 0.309 e. The van der Waals surface area contributed by atoms with Crippen LogP contribution in [0.5, 0.6) is 0 Å². The van der Waals surface area contributed by atoms with Crippen LogP contribution in [0.4, 0.5) is 5.69 Å². The summed E-state index contributed by atoms with van der Waals surface area (Å²) in [5.74, 6) is -0.0539. The number of amides is 1. The van der Waals surface area contributed by atoms with Crippen LogP contribution in [0.15, 0.2) is 36.9 Å². The molecule has 0 heterocycles. The fraction of sp³-hybridized carbons (Fsp3) is 0.250. The first-order chi connectivity index (χ1) is 6.70. The Balaban J connectivity index is 3.06. The van der Waals surface area contributed by atoms with Gasteiger partial charge in [0.25, 0.3) is 0 Å². The fourth-order valence-corrected chi connectivity index (χ4v) is 1.42. The number of carbonyl (C=O) groups excluding carboxylic acids is 1. The number of hydrogen-bond acceptors (Lipinski definition) is 1. The zero-order valence-electron chi connectivity index (χ0n) is 8.66. The summed E-state index contributed by atoms with van der Waals surface area (Å²) in [4.78, 5) is 13.2. The van der Waals surface area contributed by atoms with Crippen molar-refractivity contribution in [2.75, 3.05) is 11.4 Å². The SMILES string of the molecule is C=CC(=O)N(CC)c1ccccc1C. The number of rotatable bonds is 3. The van der Waals surface area contributed by atoms with Crippen LogP contribution in [0.1, 0.15) is 12.5 Å². The van der Waals surface area contributed by atoms with Crippen molar-refractivity contribution in [1.82, 2.24) is 0 Å². The smallest absolute Gasteiger partial charge is 0.250 e. The molecule has 1 aromatic carbocycles. The van der Waals surface area contributed by atoms with Crippen LogP contribution in [-0.2, 0) is 4.79 Å². The van der Waals surface area contributed by atoms with E-state index in [4.69, 9.17) is 0 Å². The lowest BCUT2D eigenvalue weighted by Gasteiger charge is -2.21. The van der Waals surface area contributed by atoms with Crippen molar-refractivity contribution in [3.63, 3.8) is 0 Å². The molecule has 14 heavy (non-hydrogen) atoms. The van der Waals surface area contributed by atoms with Gasteiger partial charge in [-0.3, -0.25) is 4.79 Å². The molecular formula is C12H15NO. The molecule has 1 rings (SSSR count). The second-order valence-electron chi connectivity index (χ2n) is 3.07. The third kappa shape index (κ3) is 2.02. The zero-order valence-corrected chi connectivity index (χ0v) is 8.66. The van der Waals surface area contributed by atoms with E-state index in [0.717, 1.165) is 11.3 Å². The van der Waals surface area contributed by atoms with E-state index < -0.39 is 0 Å². The molecule has 0 bridgehead atoms. The number of aryl methyl sites for hydroxylation is 1. The van der Waals surface area contributed by atoms with Crippen molar-refractivity contribution in [3.05, 3.63) is 42.5 Å². The number of carbonyl (C=O) groups is 1. The van der Waals surface area contributed by atoms with E-state index >= 15 is 0 Å². The summed E-state index contributed by atoms with van der Waals surface area (Å²) in [6, 6.07) is 7.83. The van der Waals surface area contributed by atoms with E-state index in [0.29, 0.717) is 6.54 Å². The van der Waals surface area contributed by atoms with E-state index in [-0.39, 0.29) is 5.91 Å². The highest BCUT2D eigenvalue weighted by Gasteiger charge is 2.11. The molecule has 0 fully saturated rings. The lowest BCUT2D eigenvalue weighted by atomic mass is 10.2. The zero-order chi connectivity index (χ0) is 10.6. The number of hydrogen-bond donors (Lipinski definition) is 0. The van der Waals surface area contributed by atoms with E-state index in [1.165, 1.54) is 6.08 Å². The highest BCUT2D eigenvalue weighted by atomic mass is 16.2. The van der Waals surface area contributed by atoms with E-state index in [1.54, 1.807) is 4.90 Å². The Morgan fingerprint density at radius 3 is 2.64 bits per heavy atom. The van der Waals surface area contributed by atoms with Gasteiger partial charge < -0.3 is 4.90 Å². The topological polar surface area (TPSA) is 20.3 Å². The minimum absolute atomic E-state index is 0.0539. The lowest BCUT2D eigenvalue weighted by molar-refractivity contribution is -0.114. The van der Waals surface area contributed by atoms with Gasteiger partial charge in [-0.2, -0.15) is 0 Å². The molecule has 0 atom stereocenters. The van der Waals surface area contributed by atoms with Crippen LogP contribution in [0, 0.1) is 6.92 Å². The molecule has 0 saturated heterocycles. The summed E-state index contributed by atoms with van der Waals surface area (Å²) in [7, 11) is 0. The van der Waals surface area contributed by atoms with Crippen molar-refractivity contribution in [2.45, 2.75) is 13.8 Å². The minimum Gasteiger partial charge on any atom is -0.309 e. The van der Waals surface area contributed by atoms with Gasteiger partial charge in [0.15, 0.2) is 0 Å². The monoisotopic (exact) mass is 189 g/mol. The van der Waals surface area contributed by atoms with Crippen LogP contribution in [0.3, 0.4) is 0 Å². The maximum Gasteiger partial charge on any atom is 0.250 e. The van der Waals surface area contributed by atoms with Gasteiger partial charge in [0, 0.05) is 12.2 Å². The van der Waals surface area contributed by atoms with Crippen molar-refractivity contribution < 1.29 is 4.79 Å². The van der Waals surface area contributed by atoms with Gasteiger partial charge in [-0.15, -0.1) is 0 Å². The standard InChI is InChI=1S/C12H15NO/c1-4-12(14)13(5-2)11-9-7-6-8-10(11)3/h4,6-9H,1,5H2,2-3H3. The van der Waals surface area contributed by atoms with Crippen LogP contribution in [0.25, 0.3) is 0 Å². The molecule has 0 aliphatic rings. The first-order valence-corrected chi connectivity index (χ1v) is 4.70. The summed E-state index contributed by atoms with van der Waals surface area (Å²) in [6.07, 6.45) is 1.34. The summed E-state index contributed by atoms with van der Waals surface area (Å²) in [5, 5.41) is 0. The van der Waals surface area contributed by atoms with Gasteiger partial charge >= 0.3 is 0 Å². The molecule has 0 aromatic heterocycles. The van der Waals surface area contributed by atoms with Crippen molar-refractivity contribution in [2.24, 2.45) is 0 Å². The molecule has 1 amide bonds. The van der Waals surface area contributed by atoms with Crippen molar-refractivity contribution >= 4 is 11.6 Å². The van der Waals surface area contributed by atoms with Gasteiger partial charge in [0.1, 0.15) is 0 Å². The summed E-state index contributed by atoms with van der Waals surface area (Å²) >= 11 is 0. The normalized spacial score (nSPS) is 9.57. The van der Waals surface area contributed by atoms with E-state index in [1.807, 2.05) is 38.1 Å². The second kappa shape index (κ2) is 4.61. The van der Waals surface area contributed by atoms with Gasteiger partial charge in [-0.25, -0.2) is 0 Å². The quantitative estimate of drug-likeness (QED) is 0.669. The Kier molecular flexibility index (Phi) is 3.46. The number of anilines is 1. The Morgan fingerprint density at radius 2 is 2.14 bits per heavy atom. The Hall–Kier alpha value is -1.57. The van der Waals surface area contributed by atoms with E-state index in [9.17, 15) is 4.79 Å². The Labute approximate surface area is 84.9 Å². The lowest BCUT2D eigenvalue weighted by Crippen LogP contribution is -2.29. The van der Waals surface area contributed by atoms with Crippen LogP contribution in [-0.4, -0.2) is 12.5 Å². The van der Waals surface area contributed by atoms with Gasteiger partial charge in [-0.05, 0) is 31.6 Å². The Morgan fingerprint density at radius 1 is 1.50 bits per heavy atom. The average molecular weight is 189 g/mol. The van der Waals surface area contributed by atoms with Crippen LogP contribution in [0.2, 0.25) is 0 Å². The maximum atomic E-state index is 11.5.